The zero-order valence-electron chi connectivity index (χ0n) is 17.5. The number of carbonyl (C=O) groups is 2. The van der Waals surface area contributed by atoms with Crippen LogP contribution < -0.4 is 5.32 Å². The van der Waals surface area contributed by atoms with Crippen molar-refractivity contribution in [3.8, 4) is 6.07 Å². The predicted octanol–water partition coefficient (Wildman–Crippen LogP) is 4.09. The van der Waals surface area contributed by atoms with Crippen LogP contribution >= 0.6 is 11.3 Å². The summed E-state index contributed by atoms with van der Waals surface area (Å²) < 4.78 is 18.7. The molecule has 0 radical (unpaired) electrons. The van der Waals surface area contributed by atoms with E-state index in [9.17, 15) is 19.2 Å². The van der Waals surface area contributed by atoms with E-state index in [1.54, 1.807) is 12.1 Å². The average molecular weight is 456 g/mol. The minimum atomic E-state index is -1.09. The summed E-state index contributed by atoms with van der Waals surface area (Å²) in [6.45, 7) is 1.46. The van der Waals surface area contributed by atoms with E-state index in [0.29, 0.717) is 21.8 Å². The lowest BCUT2D eigenvalue weighted by molar-refractivity contribution is -0.163. The highest BCUT2D eigenvalue weighted by Gasteiger charge is 2.33. The SMILES string of the molecule is CC(OC(=O)C1CC(c2cccc(F)c2)=NO1)C(=O)Nc1sc2c(c1C#N)CCCCC2. The molecule has 0 fully saturated rings. The molecule has 0 spiro atoms. The number of ether oxygens (including phenoxy) is 1. The number of aryl methyl sites for hydroxylation is 1. The number of thiophene rings is 1. The molecular weight excluding hydrogens is 433 g/mol. The largest absolute Gasteiger partial charge is 0.450 e. The summed E-state index contributed by atoms with van der Waals surface area (Å²) in [5, 5.41) is 16.7. The molecule has 9 heteroatoms. The van der Waals surface area contributed by atoms with Crippen molar-refractivity contribution in [2.24, 2.45) is 5.16 Å². The number of nitrogens with one attached hydrogen (secondary N) is 1. The van der Waals surface area contributed by atoms with Crippen LogP contribution in [0.1, 0.15) is 54.2 Å². The maximum Gasteiger partial charge on any atom is 0.351 e. The van der Waals surface area contributed by atoms with Gasteiger partial charge in [-0.15, -0.1) is 11.3 Å². The zero-order chi connectivity index (χ0) is 22.7. The Morgan fingerprint density at radius 1 is 1.34 bits per heavy atom. The monoisotopic (exact) mass is 455 g/mol. The van der Waals surface area contributed by atoms with Gasteiger partial charge in [0.2, 0.25) is 6.10 Å². The molecule has 166 valence electrons. The third-order valence-electron chi connectivity index (χ3n) is 5.52. The molecule has 1 aliphatic carbocycles. The van der Waals surface area contributed by atoms with E-state index in [4.69, 9.17) is 9.57 Å². The number of amides is 1. The van der Waals surface area contributed by atoms with Gasteiger partial charge in [-0.3, -0.25) is 4.79 Å². The van der Waals surface area contributed by atoms with Gasteiger partial charge in [0.05, 0.1) is 11.3 Å². The normalized spacial score (nSPS) is 18.4. The molecule has 32 heavy (non-hydrogen) atoms. The van der Waals surface area contributed by atoms with Gasteiger partial charge in [-0.2, -0.15) is 5.26 Å². The Kier molecular flexibility index (Phi) is 6.51. The van der Waals surface area contributed by atoms with Gasteiger partial charge in [-0.05, 0) is 50.3 Å². The summed E-state index contributed by atoms with van der Waals surface area (Å²) in [7, 11) is 0. The van der Waals surface area contributed by atoms with Crippen LogP contribution in [0, 0.1) is 17.1 Å². The average Bonchev–Trinajstić information content (AvgIpc) is 3.32. The van der Waals surface area contributed by atoms with Gasteiger partial charge in [0.15, 0.2) is 6.10 Å². The van der Waals surface area contributed by atoms with Crippen molar-refractivity contribution in [3.63, 3.8) is 0 Å². The molecule has 0 saturated heterocycles. The first kappa shape index (κ1) is 22.0. The molecule has 2 unspecified atom stereocenters. The maximum atomic E-state index is 13.4. The topological polar surface area (TPSA) is 101 Å². The molecule has 1 aliphatic heterocycles. The molecule has 4 rings (SSSR count). The lowest BCUT2D eigenvalue weighted by Gasteiger charge is -2.15. The molecule has 1 N–H and O–H groups in total. The Balaban J connectivity index is 1.35. The summed E-state index contributed by atoms with van der Waals surface area (Å²) in [6, 6.07) is 8.05. The molecule has 1 aromatic heterocycles. The third kappa shape index (κ3) is 4.65. The van der Waals surface area contributed by atoms with Crippen LogP contribution in [-0.4, -0.2) is 29.8 Å². The standard InChI is InChI=1S/C23H22FN3O4S/c1-13(21(28)26-22-17(12-25)16-8-3-2-4-9-20(16)32-22)30-23(29)19-11-18(27-31-19)14-6-5-7-15(24)10-14/h5-7,10,13,19H,2-4,8-9,11H2,1H3,(H,26,28). The molecular formula is C23H22FN3O4S. The van der Waals surface area contributed by atoms with Crippen molar-refractivity contribution in [1.82, 2.24) is 0 Å². The Labute approximate surface area is 188 Å². The number of anilines is 1. The second-order valence-electron chi connectivity index (χ2n) is 7.80. The van der Waals surface area contributed by atoms with Gasteiger partial charge in [-0.1, -0.05) is 23.7 Å². The quantitative estimate of drug-likeness (QED) is 0.541. The van der Waals surface area contributed by atoms with Crippen LogP contribution in [0.25, 0.3) is 0 Å². The van der Waals surface area contributed by atoms with Crippen LogP contribution in [0.4, 0.5) is 9.39 Å². The fourth-order valence-electron chi connectivity index (χ4n) is 3.81. The van der Waals surface area contributed by atoms with Crippen molar-refractivity contribution >= 4 is 33.9 Å². The van der Waals surface area contributed by atoms with Crippen molar-refractivity contribution in [1.29, 1.82) is 5.26 Å². The summed E-state index contributed by atoms with van der Waals surface area (Å²) >= 11 is 1.42. The summed E-state index contributed by atoms with van der Waals surface area (Å²) in [6.07, 6.45) is 3.00. The van der Waals surface area contributed by atoms with Crippen molar-refractivity contribution < 1.29 is 23.6 Å². The Hall–Kier alpha value is -3.25. The van der Waals surface area contributed by atoms with E-state index in [0.717, 1.165) is 42.5 Å². The predicted molar refractivity (Wildman–Crippen MR) is 117 cm³/mol. The van der Waals surface area contributed by atoms with Crippen molar-refractivity contribution in [2.75, 3.05) is 5.32 Å². The van der Waals surface area contributed by atoms with E-state index < -0.39 is 29.9 Å². The molecule has 1 amide bonds. The van der Waals surface area contributed by atoms with Crippen LogP contribution in [0.15, 0.2) is 29.4 Å². The maximum absolute atomic E-state index is 13.4. The second-order valence-corrected chi connectivity index (χ2v) is 8.90. The van der Waals surface area contributed by atoms with Crippen molar-refractivity contribution in [3.05, 3.63) is 51.7 Å². The lowest BCUT2D eigenvalue weighted by atomic mass is 10.1. The minimum Gasteiger partial charge on any atom is -0.450 e. The minimum absolute atomic E-state index is 0.118. The number of nitriles is 1. The Morgan fingerprint density at radius 3 is 2.94 bits per heavy atom. The van der Waals surface area contributed by atoms with Crippen LogP contribution in [0.5, 0.6) is 0 Å². The summed E-state index contributed by atoms with van der Waals surface area (Å²) in [4.78, 5) is 31.4. The molecule has 2 atom stereocenters. The van der Waals surface area contributed by atoms with Gasteiger partial charge in [0.25, 0.3) is 5.91 Å². The van der Waals surface area contributed by atoms with E-state index in [1.165, 1.54) is 30.4 Å². The lowest BCUT2D eigenvalue weighted by Crippen LogP contribution is -2.34. The first-order chi connectivity index (χ1) is 15.5. The zero-order valence-corrected chi connectivity index (χ0v) is 18.3. The molecule has 0 bridgehead atoms. The van der Waals surface area contributed by atoms with Gasteiger partial charge < -0.3 is 14.9 Å². The summed E-state index contributed by atoms with van der Waals surface area (Å²) in [5.74, 6) is -1.66. The number of oxime groups is 1. The number of rotatable bonds is 5. The van der Waals surface area contributed by atoms with Crippen LogP contribution in [-0.2, 0) is 32.0 Å². The smallest absolute Gasteiger partial charge is 0.351 e. The second kappa shape index (κ2) is 9.49. The molecule has 2 heterocycles. The number of hydrogen-bond donors (Lipinski definition) is 1. The molecule has 7 nitrogen and oxygen atoms in total. The fraction of sp³-hybridized carbons (Fsp3) is 0.391. The number of carbonyl (C=O) groups excluding carboxylic acids is 2. The number of hydrogen-bond acceptors (Lipinski definition) is 7. The molecule has 2 aromatic rings. The molecule has 2 aliphatic rings. The highest BCUT2D eigenvalue weighted by atomic mass is 32.1. The molecule has 0 saturated carbocycles. The van der Waals surface area contributed by atoms with E-state index >= 15 is 0 Å². The van der Waals surface area contributed by atoms with Gasteiger partial charge >= 0.3 is 5.97 Å². The number of esters is 1. The van der Waals surface area contributed by atoms with Crippen LogP contribution in [0.3, 0.4) is 0 Å². The van der Waals surface area contributed by atoms with E-state index in [2.05, 4.69) is 16.5 Å². The fourth-order valence-corrected chi connectivity index (χ4v) is 5.05. The number of fused-ring (bicyclic) bond motifs is 1. The van der Waals surface area contributed by atoms with E-state index in [-0.39, 0.29) is 6.42 Å². The van der Waals surface area contributed by atoms with Crippen molar-refractivity contribution in [2.45, 2.75) is 57.7 Å². The Bertz CT molecular complexity index is 1120. The van der Waals surface area contributed by atoms with Crippen LogP contribution in [0.2, 0.25) is 0 Å². The summed E-state index contributed by atoms with van der Waals surface area (Å²) in [5.41, 5.74) is 2.48. The molecule has 1 aromatic carbocycles. The Morgan fingerprint density at radius 2 is 2.16 bits per heavy atom. The number of nitrogens with zero attached hydrogens (tertiary/aromatic N) is 2. The first-order valence-electron chi connectivity index (χ1n) is 10.5. The van der Waals surface area contributed by atoms with E-state index in [1.807, 2.05) is 0 Å². The number of halogens is 1. The highest BCUT2D eigenvalue weighted by molar-refractivity contribution is 7.16. The van der Waals surface area contributed by atoms with Gasteiger partial charge in [-0.25, -0.2) is 9.18 Å². The highest BCUT2D eigenvalue weighted by Crippen LogP contribution is 2.37. The first-order valence-corrected chi connectivity index (χ1v) is 11.3. The third-order valence-corrected chi connectivity index (χ3v) is 6.73. The van der Waals surface area contributed by atoms with Gasteiger partial charge in [0, 0.05) is 16.9 Å². The number of benzene rings is 1. The van der Waals surface area contributed by atoms with Gasteiger partial charge in [0.1, 0.15) is 16.9 Å².